The van der Waals surface area contributed by atoms with Gasteiger partial charge in [0.15, 0.2) is 5.84 Å². The van der Waals surface area contributed by atoms with Gasteiger partial charge in [0, 0.05) is 24.9 Å². The second-order valence-corrected chi connectivity index (χ2v) is 4.84. The standard InChI is InChI=1S/C11H17N5O4/c1-11(2,6-17)15(3)10-8(16(19)20)4-7(5-13-10)9(12)14-18/h4-5,17-18H,6H2,1-3H3,(H2,12,14). The number of oxime groups is 1. The van der Waals surface area contributed by atoms with Gasteiger partial charge in [-0.15, -0.1) is 0 Å². The number of aliphatic hydroxyl groups is 1. The lowest BCUT2D eigenvalue weighted by atomic mass is 10.0. The first kappa shape index (κ1) is 15.6. The minimum atomic E-state index is -0.726. The zero-order chi connectivity index (χ0) is 15.5. The van der Waals surface area contributed by atoms with Gasteiger partial charge in [-0.2, -0.15) is 0 Å². The largest absolute Gasteiger partial charge is 0.409 e. The third-order valence-corrected chi connectivity index (χ3v) is 3.06. The van der Waals surface area contributed by atoms with Gasteiger partial charge in [0.05, 0.1) is 17.1 Å². The van der Waals surface area contributed by atoms with Crippen molar-refractivity contribution < 1.29 is 15.2 Å². The summed E-state index contributed by atoms with van der Waals surface area (Å²) in [5, 5.41) is 31.8. The summed E-state index contributed by atoms with van der Waals surface area (Å²) in [6, 6.07) is 1.17. The number of anilines is 1. The van der Waals surface area contributed by atoms with Crippen LogP contribution in [0.1, 0.15) is 19.4 Å². The van der Waals surface area contributed by atoms with Crippen molar-refractivity contribution >= 4 is 17.3 Å². The predicted octanol–water partition coefficient (Wildman–Crippen LogP) is 0.291. The van der Waals surface area contributed by atoms with Crippen LogP contribution < -0.4 is 10.6 Å². The highest BCUT2D eigenvalue weighted by Gasteiger charge is 2.30. The molecule has 0 aliphatic rings. The first-order valence-electron chi connectivity index (χ1n) is 5.71. The van der Waals surface area contributed by atoms with E-state index >= 15 is 0 Å². The fourth-order valence-corrected chi connectivity index (χ4v) is 1.43. The van der Waals surface area contributed by atoms with Crippen molar-refractivity contribution in [2.75, 3.05) is 18.6 Å². The van der Waals surface area contributed by atoms with Crippen molar-refractivity contribution in [3.8, 4) is 0 Å². The maximum atomic E-state index is 11.1. The van der Waals surface area contributed by atoms with E-state index in [9.17, 15) is 15.2 Å². The zero-order valence-corrected chi connectivity index (χ0v) is 11.4. The second kappa shape index (κ2) is 5.70. The summed E-state index contributed by atoms with van der Waals surface area (Å²) in [6.07, 6.45) is 1.27. The van der Waals surface area contributed by atoms with Gasteiger partial charge in [0.25, 0.3) is 0 Å². The molecule has 1 rings (SSSR count). The van der Waals surface area contributed by atoms with E-state index in [1.165, 1.54) is 17.2 Å². The van der Waals surface area contributed by atoms with E-state index in [1.807, 2.05) is 0 Å². The van der Waals surface area contributed by atoms with Crippen LogP contribution >= 0.6 is 0 Å². The summed E-state index contributed by atoms with van der Waals surface area (Å²) in [5.41, 5.74) is 4.50. The normalized spacial score (nSPS) is 12.3. The summed E-state index contributed by atoms with van der Waals surface area (Å²) >= 11 is 0. The topological polar surface area (TPSA) is 138 Å². The molecule has 110 valence electrons. The van der Waals surface area contributed by atoms with Gasteiger partial charge in [-0.25, -0.2) is 4.98 Å². The third-order valence-electron chi connectivity index (χ3n) is 3.06. The fraction of sp³-hybridized carbons (Fsp3) is 0.455. The van der Waals surface area contributed by atoms with Crippen LogP contribution in [0.2, 0.25) is 0 Å². The number of aliphatic hydroxyl groups excluding tert-OH is 1. The maximum Gasteiger partial charge on any atom is 0.312 e. The first-order chi connectivity index (χ1) is 9.24. The van der Waals surface area contributed by atoms with E-state index < -0.39 is 10.5 Å². The van der Waals surface area contributed by atoms with E-state index in [1.54, 1.807) is 20.9 Å². The molecular formula is C11H17N5O4. The van der Waals surface area contributed by atoms with Gasteiger partial charge >= 0.3 is 5.69 Å². The van der Waals surface area contributed by atoms with Crippen LogP contribution in [0.25, 0.3) is 0 Å². The van der Waals surface area contributed by atoms with E-state index in [0.717, 1.165) is 0 Å². The SMILES string of the molecule is CN(c1ncc(C(N)=NO)cc1[N+](=O)[O-])C(C)(C)CO. The Hall–Kier alpha value is -2.42. The molecular weight excluding hydrogens is 266 g/mol. The molecule has 0 fully saturated rings. The molecule has 4 N–H and O–H groups in total. The van der Waals surface area contributed by atoms with Gasteiger partial charge in [0.1, 0.15) is 0 Å². The second-order valence-electron chi connectivity index (χ2n) is 4.84. The molecule has 1 aromatic rings. The highest BCUT2D eigenvalue weighted by atomic mass is 16.6. The van der Waals surface area contributed by atoms with Crippen LogP contribution in [0.5, 0.6) is 0 Å². The number of nitrogens with zero attached hydrogens (tertiary/aromatic N) is 4. The van der Waals surface area contributed by atoms with Crippen molar-refractivity contribution in [3.05, 3.63) is 27.9 Å². The molecule has 9 nitrogen and oxygen atoms in total. The van der Waals surface area contributed by atoms with Crippen molar-refractivity contribution in [2.45, 2.75) is 19.4 Å². The van der Waals surface area contributed by atoms with Crippen molar-refractivity contribution in [3.63, 3.8) is 0 Å². The van der Waals surface area contributed by atoms with Gasteiger partial charge in [-0.3, -0.25) is 10.1 Å². The molecule has 0 aromatic carbocycles. The average Bonchev–Trinajstić information content (AvgIpc) is 2.44. The number of pyridine rings is 1. The third kappa shape index (κ3) is 2.94. The van der Waals surface area contributed by atoms with Gasteiger partial charge in [-0.05, 0) is 13.8 Å². The number of likely N-dealkylation sites (N-methyl/N-ethyl adjacent to an activating group) is 1. The van der Waals surface area contributed by atoms with Crippen LogP contribution in [0.3, 0.4) is 0 Å². The molecule has 0 aliphatic heterocycles. The molecule has 1 heterocycles. The molecule has 0 unspecified atom stereocenters. The number of nitro groups is 1. The van der Waals surface area contributed by atoms with Gasteiger partial charge < -0.3 is 20.9 Å². The quantitative estimate of drug-likeness (QED) is 0.232. The van der Waals surface area contributed by atoms with Crippen molar-refractivity contribution in [1.82, 2.24) is 4.98 Å². The molecule has 0 saturated heterocycles. The molecule has 9 heteroatoms. The van der Waals surface area contributed by atoms with Crippen LogP contribution in [-0.4, -0.2) is 45.3 Å². The van der Waals surface area contributed by atoms with E-state index in [0.29, 0.717) is 0 Å². The molecule has 0 aliphatic carbocycles. The number of nitrogens with two attached hydrogens (primary N) is 1. The molecule has 0 spiro atoms. The summed E-state index contributed by atoms with van der Waals surface area (Å²) in [5.74, 6) is -0.181. The number of rotatable bonds is 5. The Bertz CT molecular complexity index is 544. The van der Waals surface area contributed by atoms with Gasteiger partial charge in [-0.1, -0.05) is 5.16 Å². The number of hydrogen-bond acceptors (Lipinski definition) is 7. The Kier molecular flexibility index (Phi) is 4.45. The van der Waals surface area contributed by atoms with E-state index in [2.05, 4.69) is 10.1 Å². The van der Waals surface area contributed by atoms with Crippen molar-refractivity contribution in [2.24, 2.45) is 10.9 Å². The summed E-state index contributed by atoms with van der Waals surface area (Å²) < 4.78 is 0. The minimum absolute atomic E-state index is 0.0866. The Morgan fingerprint density at radius 3 is 2.70 bits per heavy atom. The Morgan fingerprint density at radius 1 is 1.65 bits per heavy atom. The zero-order valence-electron chi connectivity index (χ0n) is 11.4. The minimum Gasteiger partial charge on any atom is -0.409 e. The lowest BCUT2D eigenvalue weighted by Crippen LogP contribution is -2.45. The number of amidine groups is 1. The monoisotopic (exact) mass is 283 g/mol. The molecule has 0 atom stereocenters. The Labute approximate surface area is 115 Å². The lowest BCUT2D eigenvalue weighted by Gasteiger charge is -2.34. The molecule has 1 aromatic heterocycles. The van der Waals surface area contributed by atoms with E-state index in [-0.39, 0.29) is 29.5 Å². The smallest absolute Gasteiger partial charge is 0.312 e. The average molecular weight is 283 g/mol. The Morgan fingerprint density at radius 2 is 2.25 bits per heavy atom. The summed E-state index contributed by atoms with van der Waals surface area (Å²) in [6.45, 7) is 3.23. The summed E-state index contributed by atoms with van der Waals surface area (Å²) in [7, 11) is 1.59. The molecule has 0 saturated carbocycles. The number of aromatic nitrogens is 1. The number of hydrogen-bond donors (Lipinski definition) is 3. The van der Waals surface area contributed by atoms with Crippen LogP contribution in [-0.2, 0) is 0 Å². The molecule has 20 heavy (non-hydrogen) atoms. The first-order valence-corrected chi connectivity index (χ1v) is 5.71. The van der Waals surface area contributed by atoms with Crippen molar-refractivity contribution in [1.29, 1.82) is 0 Å². The molecule has 0 bridgehead atoms. The van der Waals surface area contributed by atoms with E-state index in [4.69, 9.17) is 10.9 Å². The van der Waals surface area contributed by atoms with Crippen LogP contribution in [0.15, 0.2) is 17.4 Å². The fourth-order valence-electron chi connectivity index (χ4n) is 1.43. The molecule has 0 radical (unpaired) electrons. The maximum absolute atomic E-state index is 11.1. The highest BCUT2D eigenvalue weighted by molar-refractivity contribution is 5.97. The predicted molar refractivity (Wildman–Crippen MR) is 73.0 cm³/mol. The lowest BCUT2D eigenvalue weighted by molar-refractivity contribution is -0.384. The van der Waals surface area contributed by atoms with Crippen LogP contribution in [0, 0.1) is 10.1 Å². The highest BCUT2D eigenvalue weighted by Crippen LogP contribution is 2.30. The Balaban J connectivity index is 3.38. The molecule has 0 amide bonds. The van der Waals surface area contributed by atoms with Gasteiger partial charge in [0.2, 0.25) is 5.82 Å². The summed E-state index contributed by atoms with van der Waals surface area (Å²) in [4.78, 5) is 16.0. The van der Waals surface area contributed by atoms with Crippen LogP contribution in [0.4, 0.5) is 11.5 Å².